The lowest BCUT2D eigenvalue weighted by molar-refractivity contribution is -0.166. The van der Waals surface area contributed by atoms with Gasteiger partial charge in [-0.25, -0.2) is 0 Å². The molecule has 0 radical (unpaired) electrons. The topological polar surface area (TPSA) is 53.8 Å². The van der Waals surface area contributed by atoms with Gasteiger partial charge < -0.3 is 9.32 Å². The molecule has 3 saturated heterocycles. The van der Waals surface area contributed by atoms with Crippen LogP contribution in [0, 0.1) is 11.3 Å². The predicted octanol–water partition coefficient (Wildman–Crippen LogP) is 3.29. The number of ketones is 1. The quantitative estimate of drug-likeness (QED) is 0.801. The van der Waals surface area contributed by atoms with Crippen LogP contribution in [0.25, 0.3) is 0 Å². The SMILES string of the molecule is O=C1C2CCCN2C(=O)C2(CCN(Cc3ccccc3)CC2)C1Cc1ccco1. The van der Waals surface area contributed by atoms with Crippen LogP contribution >= 0.6 is 0 Å². The van der Waals surface area contributed by atoms with Gasteiger partial charge in [0.2, 0.25) is 5.91 Å². The number of likely N-dealkylation sites (tertiary alicyclic amines) is 1. The molecule has 1 amide bonds. The Bertz CT molecular complexity index is 869. The summed E-state index contributed by atoms with van der Waals surface area (Å²) in [7, 11) is 0. The number of piperidine rings is 2. The molecule has 5 nitrogen and oxygen atoms in total. The Kier molecular flexibility index (Phi) is 4.78. The maximum atomic E-state index is 13.7. The minimum atomic E-state index is -0.572. The largest absolute Gasteiger partial charge is 0.469 e. The number of rotatable bonds is 4. The normalized spacial score (nSPS) is 26.8. The fraction of sp³-hybridized carbons (Fsp3) is 0.500. The van der Waals surface area contributed by atoms with Crippen LogP contribution in [0.2, 0.25) is 0 Å². The van der Waals surface area contributed by atoms with Gasteiger partial charge in [0.1, 0.15) is 5.76 Å². The summed E-state index contributed by atoms with van der Waals surface area (Å²) >= 11 is 0. The molecule has 5 heteroatoms. The lowest BCUT2D eigenvalue weighted by atomic mass is 9.61. The third-order valence-electron chi connectivity index (χ3n) is 7.26. The van der Waals surface area contributed by atoms with Crippen molar-refractivity contribution in [3.63, 3.8) is 0 Å². The number of nitrogens with zero attached hydrogens (tertiary/aromatic N) is 2. The van der Waals surface area contributed by atoms with Crippen molar-refractivity contribution in [3.8, 4) is 0 Å². The van der Waals surface area contributed by atoms with Gasteiger partial charge in [-0.2, -0.15) is 0 Å². The Labute approximate surface area is 171 Å². The number of benzene rings is 1. The zero-order valence-electron chi connectivity index (χ0n) is 16.8. The van der Waals surface area contributed by atoms with E-state index in [1.54, 1.807) is 6.26 Å². The Hall–Kier alpha value is -2.40. The van der Waals surface area contributed by atoms with E-state index in [9.17, 15) is 9.59 Å². The van der Waals surface area contributed by atoms with Crippen LogP contribution in [-0.2, 0) is 22.6 Å². The highest BCUT2D eigenvalue weighted by Gasteiger charge is 2.59. The van der Waals surface area contributed by atoms with E-state index < -0.39 is 5.41 Å². The van der Waals surface area contributed by atoms with E-state index in [0.29, 0.717) is 6.42 Å². The summed E-state index contributed by atoms with van der Waals surface area (Å²) in [6, 6.07) is 14.0. The van der Waals surface area contributed by atoms with Crippen LogP contribution in [-0.4, -0.2) is 47.2 Å². The molecule has 2 aromatic rings. The molecule has 3 aliphatic heterocycles. The van der Waals surface area contributed by atoms with Crippen LogP contribution in [0.15, 0.2) is 53.1 Å². The van der Waals surface area contributed by atoms with Gasteiger partial charge in [0.15, 0.2) is 5.78 Å². The van der Waals surface area contributed by atoms with Crippen molar-refractivity contribution in [1.29, 1.82) is 0 Å². The Morgan fingerprint density at radius 2 is 1.79 bits per heavy atom. The summed E-state index contributed by atoms with van der Waals surface area (Å²) in [4.78, 5) is 31.4. The highest BCUT2D eigenvalue weighted by Crippen LogP contribution is 2.48. The van der Waals surface area contributed by atoms with Crippen LogP contribution in [0.4, 0.5) is 0 Å². The molecule has 1 spiro atoms. The first kappa shape index (κ1) is 18.6. The average molecular weight is 392 g/mol. The molecular weight excluding hydrogens is 364 g/mol. The summed E-state index contributed by atoms with van der Waals surface area (Å²) in [5.74, 6) is 1.03. The first-order valence-electron chi connectivity index (χ1n) is 10.8. The van der Waals surface area contributed by atoms with Crippen molar-refractivity contribution >= 4 is 11.7 Å². The molecule has 0 N–H and O–H groups in total. The van der Waals surface area contributed by atoms with E-state index >= 15 is 0 Å². The fourth-order valence-corrected chi connectivity index (χ4v) is 5.69. The van der Waals surface area contributed by atoms with Crippen molar-refractivity contribution in [3.05, 3.63) is 60.1 Å². The summed E-state index contributed by atoms with van der Waals surface area (Å²) < 4.78 is 5.58. The van der Waals surface area contributed by atoms with E-state index in [0.717, 1.165) is 57.6 Å². The van der Waals surface area contributed by atoms with Gasteiger partial charge in [-0.15, -0.1) is 0 Å². The fourth-order valence-electron chi connectivity index (χ4n) is 5.69. The second kappa shape index (κ2) is 7.45. The third-order valence-corrected chi connectivity index (χ3v) is 7.26. The minimum absolute atomic E-state index is 0.213. The van der Waals surface area contributed by atoms with Crippen molar-refractivity contribution in [2.24, 2.45) is 11.3 Å². The molecule has 0 saturated carbocycles. The maximum Gasteiger partial charge on any atom is 0.230 e. The molecular formula is C24H28N2O3. The van der Waals surface area contributed by atoms with Gasteiger partial charge in [0, 0.05) is 25.4 Å². The molecule has 1 aromatic carbocycles. The smallest absolute Gasteiger partial charge is 0.230 e. The molecule has 152 valence electrons. The zero-order chi connectivity index (χ0) is 19.8. The molecule has 0 bridgehead atoms. The van der Waals surface area contributed by atoms with Crippen molar-refractivity contribution in [2.45, 2.75) is 44.7 Å². The van der Waals surface area contributed by atoms with Crippen LogP contribution < -0.4 is 0 Å². The standard InChI is InChI=1S/C24H28N2O3/c27-22-20(16-19-8-5-15-29-19)24(23(28)26-12-4-9-21(22)26)10-13-25(14-11-24)17-18-6-2-1-3-7-18/h1-3,5-8,15,20-21H,4,9-14,16-17H2. The summed E-state index contributed by atoms with van der Waals surface area (Å²) in [5.41, 5.74) is 0.721. The number of amides is 1. The number of carbonyl (C=O) groups is 2. The van der Waals surface area contributed by atoms with Gasteiger partial charge in [0.05, 0.1) is 17.7 Å². The Balaban J connectivity index is 1.39. The maximum absolute atomic E-state index is 13.7. The average Bonchev–Trinajstić information content (AvgIpc) is 3.44. The lowest BCUT2D eigenvalue weighted by Crippen LogP contribution is -2.63. The first-order chi connectivity index (χ1) is 14.2. The van der Waals surface area contributed by atoms with Gasteiger partial charge in [0.25, 0.3) is 0 Å². The van der Waals surface area contributed by atoms with Crippen molar-refractivity contribution < 1.29 is 14.0 Å². The third kappa shape index (κ3) is 3.21. The van der Waals surface area contributed by atoms with E-state index in [4.69, 9.17) is 4.42 Å². The highest BCUT2D eigenvalue weighted by molar-refractivity contribution is 6.01. The van der Waals surface area contributed by atoms with Gasteiger partial charge in [-0.1, -0.05) is 30.3 Å². The molecule has 29 heavy (non-hydrogen) atoms. The second-order valence-electron chi connectivity index (χ2n) is 8.81. The monoisotopic (exact) mass is 392 g/mol. The summed E-state index contributed by atoms with van der Waals surface area (Å²) in [5, 5.41) is 0. The molecule has 4 heterocycles. The van der Waals surface area contributed by atoms with E-state index in [1.807, 2.05) is 23.1 Å². The van der Waals surface area contributed by atoms with Crippen LogP contribution in [0.5, 0.6) is 0 Å². The molecule has 2 unspecified atom stereocenters. The Morgan fingerprint density at radius 3 is 2.52 bits per heavy atom. The lowest BCUT2D eigenvalue weighted by Gasteiger charge is -2.51. The van der Waals surface area contributed by atoms with Gasteiger partial charge in [-0.3, -0.25) is 14.5 Å². The molecule has 3 fully saturated rings. The summed E-state index contributed by atoms with van der Waals surface area (Å²) in [6.45, 7) is 3.33. The van der Waals surface area contributed by atoms with Crippen molar-refractivity contribution in [2.75, 3.05) is 19.6 Å². The molecule has 5 rings (SSSR count). The number of carbonyl (C=O) groups excluding carboxylic acids is 2. The van der Waals surface area contributed by atoms with Crippen LogP contribution in [0.3, 0.4) is 0 Å². The van der Waals surface area contributed by atoms with Gasteiger partial charge in [-0.05, 0) is 56.5 Å². The Morgan fingerprint density at radius 1 is 1.00 bits per heavy atom. The highest BCUT2D eigenvalue weighted by atomic mass is 16.3. The van der Waals surface area contributed by atoms with E-state index in [-0.39, 0.29) is 23.7 Å². The molecule has 3 aliphatic rings. The minimum Gasteiger partial charge on any atom is -0.469 e. The van der Waals surface area contributed by atoms with Crippen LogP contribution in [0.1, 0.15) is 37.0 Å². The number of hydrogen-bond donors (Lipinski definition) is 0. The molecule has 2 atom stereocenters. The first-order valence-corrected chi connectivity index (χ1v) is 10.8. The number of fused-ring (bicyclic) bond motifs is 1. The number of hydrogen-bond acceptors (Lipinski definition) is 4. The zero-order valence-corrected chi connectivity index (χ0v) is 16.8. The van der Waals surface area contributed by atoms with Crippen molar-refractivity contribution in [1.82, 2.24) is 9.80 Å². The summed E-state index contributed by atoms with van der Waals surface area (Å²) in [6.07, 6.45) is 5.45. The predicted molar refractivity (Wildman–Crippen MR) is 109 cm³/mol. The number of furan rings is 1. The molecule has 0 aliphatic carbocycles. The second-order valence-corrected chi connectivity index (χ2v) is 8.81. The van der Waals surface area contributed by atoms with E-state index in [1.165, 1.54) is 5.56 Å². The van der Waals surface area contributed by atoms with E-state index in [2.05, 4.69) is 29.2 Å². The van der Waals surface area contributed by atoms with Gasteiger partial charge >= 0.3 is 0 Å². The molecule has 1 aromatic heterocycles. The number of Topliss-reactive ketones (excluding diaryl/α,β-unsaturated/α-hetero) is 1.